The molecule has 1 heterocycles. The van der Waals surface area contributed by atoms with Crippen LogP contribution in [-0.4, -0.2) is 31.6 Å². The molecule has 0 bridgehead atoms. The molecule has 32 heavy (non-hydrogen) atoms. The molecule has 1 atom stereocenters. The summed E-state index contributed by atoms with van der Waals surface area (Å²) >= 11 is 0. The van der Waals surface area contributed by atoms with Crippen molar-refractivity contribution in [2.75, 3.05) is 20.8 Å². The normalized spacial score (nSPS) is 15.8. The zero-order chi connectivity index (χ0) is 22.9. The van der Waals surface area contributed by atoms with Crippen molar-refractivity contribution in [3.05, 3.63) is 94.5 Å². The standard InChI is InChI=1S/C25H22F3NO3/c1-31-21-14-17-12-13-29(24(30)18-10-6-7-11-20(18)25(26,27)28)23(16-8-4-3-5-9-16)19(17)15-22(21)32-2/h3-11,14-15,23H,12-13H2,1-2H3/t23-/m1/s1. The van der Waals surface area contributed by atoms with E-state index >= 15 is 0 Å². The Balaban J connectivity index is 1.86. The first kappa shape index (κ1) is 21.7. The van der Waals surface area contributed by atoms with Crippen LogP contribution in [0.25, 0.3) is 0 Å². The van der Waals surface area contributed by atoms with Gasteiger partial charge in [-0.15, -0.1) is 0 Å². The van der Waals surface area contributed by atoms with Gasteiger partial charge in [0.15, 0.2) is 11.5 Å². The Morgan fingerprint density at radius 2 is 1.56 bits per heavy atom. The van der Waals surface area contributed by atoms with E-state index in [1.165, 1.54) is 30.2 Å². The lowest BCUT2D eigenvalue weighted by molar-refractivity contribution is -0.138. The van der Waals surface area contributed by atoms with Gasteiger partial charge in [0, 0.05) is 6.54 Å². The van der Waals surface area contributed by atoms with Crippen molar-refractivity contribution in [2.45, 2.75) is 18.6 Å². The smallest absolute Gasteiger partial charge is 0.417 e. The summed E-state index contributed by atoms with van der Waals surface area (Å²) in [4.78, 5) is 15.0. The first-order valence-electron chi connectivity index (χ1n) is 10.1. The third kappa shape index (κ3) is 3.90. The fourth-order valence-electron chi connectivity index (χ4n) is 4.23. The Labute approximate surface area is 184 Å². The summed E-state index contributed by atoms with van der Waals surface area (Å²) in [6.07, 6.45) is -4.14. The zero-order valence-corrected chi connectivity index (χ0v) is 17.6. The van der Waals surface area contributed by atoms with Crippen molar-refractivity contribution in [3.63, 3.8) is 0 Å². The second-order valence-electron chi connectivity index (χ2n) is 7.51. The number of hydrogen-bond donors (Lipinski definition) is 0. The maximum absolute atomic E-state index is 13.6. The number of rotatable bonds is 4. The van der Waals surface area contributed by atoms with Gasteiger partial charge in [0.05, 0.1) is 31.4 Å². The van der Waals surface area contributed by atoms with Gasteiger partial charge in [-0.1, -0.05) is 42.5 Å². The summed E-state index contributed by atoms with van der Waals surface area (Å²) in [6, 6.07) is 17.3. The summed E-state index contributed by atoms with van der Waals surface area (Å²) < 4.78 is 51.7. The number of alkyl halides is 3. The highest BCUT2D eigenvalue weighted by atomic mass is 19.4. The Morgan fingerprint density at radius 3 is 2.22 bits per heavy atom. The number of carbonyl (C=O) groups is 1. The van der Waals surface area contributed by atoms with Gasteiger partial charge in [-0.2, -0.15) is 13.2 Å². The number of benzene rings is 3. The van der Waals surface area contributed by atoms with Crippen LogP contribution in [0.15, 0.2) is 66.7 Å². The molecule has 4 nitrogen and oxygen atoms in total. The average Bonchev–Trinajstić information content (AvgIpc) is 2.81. The first-order valence-corrected chi connectivity index (χ1v) is 10.1. The topological polar surface area (TPSA) is 38.8 Å². The van der Waals surface area contributed by atoms with E-state index in [9.17, 15) is 18.0 Å². The van der Waals surface area contributed by atoms with Gasteiger partial charge in [0.2, 0.25) is 0 Å². The molecule has 3 aromatic carbocycles. The monoisotopic (exact) mass is 441 g/mol. The number of nitrogens with zero attached hydrogens (tertiary/aromatic N) is 1. The molecular weight excluding hydrogens is 419 g/mol. The molecule has 4 rings (SSSR count). The number of halogens is 3. The van der Waals surface area contributed by atoms with E-state index in [2.05, 4.69) is 0 Å². The molecular formula is C25H22F3NO3. The highest BCUT2D eigenvalue weighted by molar-refractivity contribution is 5.96. The van der Waals surface area contributed by atoms with E-state index in [1.54, 1.807) is 13.2 Å². The third-order valence-corrected chi connectivity index (χ3v) is 5.71. The van der Waals surface area contributed by atoms with E-state index in [0.29, 0.717) is 17.9 Å². The lowest BCUT2D eigenvalue weighted by Crippen LogP contribution is -2.41. The van der Waals surface area contributed by atoms with Crippen LogP contribution in [0, 0.1) is 0 Å². The van der Waals surface area contributed by atoms with Gasteiger partial charge in [0.1, 0.15) is 0 Å². The minimum absolute atomic E-state index is 0.271. The number of amides is 1. The van der Waals surface area contributed by atoms with Crippen molar-refractivity contribution in [2.24, 2.45) is 0 Å². The lowest BCUT2D eigenvalue weighted by atomic mass is 9.87. The Morgan fingerprint density at radius 1 is 0.938 bits per heavy atom. The van der Waals surface area contributed by atoms with Crippen molar-refractivity contribution in [1.82, 2.24) is 4.90 Å². The molecule has 166 valence electrons. The zero-order valence-electron chi connectivity index (χ0n) is 17.6. The molecule has 0 N–H and O–H groups in total. The molecule has 0 radical (unpaired) electrons. The number of ether oxygens (including phenoxy) is 2. The molecule has 1 amide bonds. The van der Waals surface area contributed by atoms with Gasteiger partial charge < -0.3 is 14.4 Å². The van der Waals surface area contributed by atoms with Crippen LogP contribution in [-0.2, 0) is 12.6 Å². The van der Waals surface area contributed by atoms with Crippen LogP contribution >= 0.6 is 0 Å². The molecule has 0 aromatic heterocycles. The predicted octanol–water partition coefficient (Wildman–Crippen LogP) is 5.51. The molecule has 7 heteroatoms. The molecule has 1 aliphatic rings. The van der Waals surface area contributed by atoms with E-state index in [0.717, 1.165) is 22.8 Å². The minimum atomic E-state index is -4.63. The van der Waals surface area contributed by atoms with Crippen molar-refractivity contribution < 1.29 is 27.4 Å². The second-order valence-corrected chi connectivity index (χ2v) is 7.51. The Kier molecular flexibility index (Phi) is 5.82. The fraction of sp³-hybridized carbons (Fsp3) is 0.240. The van der Waals surface area contributed by atoms with Crippen LogP contribution in [0.4, 0.5) is 13.2 Å². The number of hydrogen-bond acceptors (Lipinski definition) is 3. The number of carbonyl (C=O) groups excluding carboxylic acids is 1. The maximum Gasteiger partial charge on any atom is 0.417 e. The number of methoxy groups -OCH3 is 2. The van der Waals surface area contributed by atoms with Crippen molar-refractivity contribution in [1.29, 1.82) is 0 Å². The molecule has 0 saturated carbocycles. The molecule has 0 aliphatic carbocycles. The Hall–Kier alpha value is -3.48. The molecule has 0 fully saturated rings. The molecule has 3 aromatic rings. The minimum Gasteiger partial charge on any atom is -0.493 e. The van der Waals surface area contributed by atoms with Gasteiger partial charge in [-0.25, -0.2) is 0 Å². The van der Waals surface area contributed by atoms with Crippen LogP contribution in [0.3, 0.4) is 0 Å². The summed E-state index contributed by atoms with van der Waals surface area (Å²) in [7, 11) is 3.07. The van der Waals surface area contributed by atoms with Crippen LogP contribution < -0.4 is 9.47 Å². The molecule has 0 unspecified atom stereocenters. The highest BCUT2D eigenvalue weighted by Gasteiger charge is 2.39. The molecule has 0 saturated heterocycles. The van der Waals surface area contributed by atoms with Gasteiger partial charge >= 0.3 is 6.18 Å². The fourth-order valence-corrected chi connectivity index (χ4v) is 4.23. The lowest BCUT2D eigenvalue weighted by Gasteiger charge is -2.38. The maximum atomic E-state index is 13.6. The molecule has 0 spiro atoms. The second kappa shape index (κ2) is 8.57. The summed E-state index contributed by atoms with van der Waals surface area (Å²) in [5, 5.41) is 0. The number of fused-ring (bicyclic) bond motifs is 1. The van der Waals surface area contributed by atoms with E-state index in [-0.39, 0.29) is 12.1 Å². The van der Waals surface area contributed by atoms with Gasteiger partial charge in [0.25, 0.3) is 5.91 Å². The van der Waals surface area contributed by atoms with Crippen molar-refractivity contribution >= 4 is 5.91 Å². The summed E-state index contributed by atoms with van der Waals surface area (Å²) in [5.74, 6) is 0.407. The van der Waals surface area contributed by atoms with Crippen LogP contribution in [0.5, 0.6) is 11.5 Å². The molecule has 1 aliphatic heterocycles. The Bertz CT molecular complexity index is 1130. The predicted molar refractivity (Wildman–Crippen MR) is 114 cm³/mol. The van der Waals surface area contributed by atoms with Gasteiger partial charge in [-0.3, -0.25) is 4.79 Å². The summed E-state index contributed by atoms with van der Waals surface area (Å²) in [5.41, 5.74) is 1.28. The van der Waals surface area contributed by atoms with E-state index in [1.807, 2.05) is 36.4 Å². The largest absolute Gasteiger partial charge is 0.493 e. The first-order chi connectivity index (χ1) is 15.3. The SMILES string of the molecule is COc1cc2c(cc1OC)[C@@H](c1ccccc1)N(C(=O)c1ccccc1C(F)(F)F)CC2. The third-order valence-electron chi connectivity index (χ3n) is 5.71. The van der Waals surface area contributed by atoms with E-state index in [4.69, 9.17) is 9.47 Å². The van der Waals surface area contributed by atoms with E-state index < -0.39 is 23.7 Å². The van der Waals surface area contributed by atoms with Gasteiger partial charge in [-0.05, 0) is 47.4 Å². The van der Waals surface area contributed by atoms with Crippen LogP contribution in [0.2, 0.25) is 0 Å². The average molecular weight is 441 g/mol. The quantitative estimate of drug-likeness (QED) is 0.536. The highest BCUT2D eigenvalue weighted by Crippen LogP contribution is 2.42. The van der Waals surface area contributed by atoms with Crippen molar-refractivity contribution in [3.8, 4) is 11.5 Å². The van der Waals surface area contributed by atoms with Crippen LogP contribution in [0.1, 0.15) is 38.7 Å². The summed E-state index contributed by atoms with van der Waals surface area (Å²) in [6.45, 7) is 0.271.